The molecule has 132 valence electrons. The van der Waals surface area contributed by atoms with E-state index in [0.717, 1.165) is 22.6 Å². The predicted octanol–water partition coefficient (Wildman–Crippen LogP) is 4.15. The van der Waals surface area contributed by atoms with Crippen molar-refractivity contribution in [2.75, 3.05) is 7.05 Å². The summed E-state index contributed by atoms with van der Waals surface area (Å²) >= 11 is 0. The Bertz CT molecular complexity index is 736. The van der Waals surface area contributed by atoms with E-state index in [-0.39, 0.29) is 4.91 Å². The zero-order valence-corrected chi connectivity index (χ0v) is 14.4. The smallest absolute Gasteiger partial charge is 0.271 e. The van der Waals surface area contributed by atoms with Crippen LogP contribution in [0.3, 0.4) is 0 Å². The SMILES string of the molecule is C=N/C=C(\C=C/C)S(=O)(=O)N(C)[C@@H](C)c1ccc(C(F)(F)F)cc1. The highest BCUT2D eigenvalue weighted by molar-refractivity contribution is 7.93. The molecule has 24 heavy (non-hydrogen) atoms. The second kappa shape index (κ2) is 7.76. The van der Waals surface area contributed by atoms with Gasteiger partial charge in [0.05, 0.1) is 5.56 Å². The van der Waals surface area contributed by atoms with Crippen LogP contribution in [0.1, 0.15) is 31.0 Å². The molecular formula is C16H19F3N2O2S. The van der Waals surface area contributed by atoms with Crippen molar-refractivity contribution in [1.29, 1.82) is 0 Å². The van der Waals surface area contributed by atoms with Crippen molar-refractivity contribution in [2.24, 2.45) is 4.99 Å². The summed E-state index contributed by atoms with van der Waals surface area (Å²) in [4.78, 5) is 3.43. The number of halogens is 3. The number of rotatable bonds is 6. The van der Waals surface area contributed by atoms with E-state index in [1.807, 2.05) is 0 Å². The van der Waals surface area contributed by atoms with E-state index >= 15 is 0 Å². The van der Waals surface area contributed by atoms with Crippen LogP contribution in [-0.2, 0) is 16.2 Å². The van der Waals surface area contributed by atoms with Crippen LogP contribution in [0.4, 0.5) is 13.2 Å². The van der Waals surface area contributed by atoms with Crippen LogP contribution in [0.25, 0.3) is 0 Å². The first-order valence-corrected chi connectivity index (χ1v) is 8.43. The summed E-state index contributed by atoms with van der Waals surface area (Å²) in [5, 5.41) is 0. The molecule has 0 saturated carbocycles. The van der Waals surface area contributed by atoms with E-state index in [0.29, 0.717) is 5.56 Å². The highest BCUT2D eigenvalue weighted by Gasteiger charge is 2.31. The van der Waals surface area contributed by atoms with Crippen molar-refractivity contribution in [3.63, 3.8) is 0 Å². The van der Waals surface area contributed by atoms with Gasteiger partial charge in [-0.1, -0.05) is 18.2 Å². The van der Waals surface area contributed by atoms with Gasteiger partial charge in [-0.25, -0.2) is 8.42 Å². The van der Waals surface area contributed by atoms with Gasteiger partial charge in [0.15, 0.2) is 0 Å². The van der Waals surface area contributed by atoms with Gasteiger partial charge in [-0.2, -0.15) is 17.5 Å². The van der Waals surface area contributed by atoms with Crippen LogP contribution in [0.15, 0.2) is 52.5 Å². The molecule has 4 nitrogen and oxygen atoms in total. The average molecular weight is 360 g/mol. The Balaban J connectivity index is 3.16. The van der Waals surface area contributed by atoms with Crippen LogP contribution in [0.5, 0.6) is 0 Å². The van der Waals surface area contributed by atoms with E-state index in [4.69, 9.17) is 0 Å². The molecule has 0 bridgehead atoms. The Kier molecular flexibility index (Phi) is 6.50. The lowest BCUT2D eigenvalue weighted by molar-refractivity contribution is -0.137. The fourth-order valence-corrected chi connectivity index (χ4v) is 3.37. The van der Waals surface area contributed by atoms with Gasteiger partial charge in [0, 0.05) is 19.3 Å². The van der Waals surface area contributed by atoms with E-state index in [9.17, 15) is 21.6 Å². The quantitative estimate of drug-likeness (QED) is 0.565. The maximum absolute atomic E-state index is 12.6. The van der Waals surface area contributed by atoms with Crippen LogP contribution >= 0.6 is 0 Å². The first-order chi connectivity index (χ1) is 11.1. The third kappa shape index (κ3) is 4.55. The van der Waals surface area contributed by atoms with Crippen LogP contribution in [0.2, 0.25) is 0 Å². The van der Waals surface area contributed by atoms with E-state index in [2.05, 4.69) is 11.7 Å². The van der Waals surface area contributed by atoms with Crippen molar-refractivity contribution >= 4 is 16.7 Å². The summed E-state index contributed by atoms with van der Waals surface area (Å²) in [7, 11) is -2.50. The lowest BCUT2D eigenvalue weighted by atomic mass is 10.1. The largest absolute Gasteiger partial charge is 0.416 e. The Hall–Kier alpha value is -1.93. The van der Waals surface area contributed by atoms with Gasteiger partial charge in [0.2, 0.25) is 10.0 Å². The maximum Gasteiger partial charge on any atom is 0.416 e. The summed E-state index contributed by atoms with van der Waals surface area (Å²) < 4.78 is 64.1. The van der Waals surface area contributed by atoms with Crippen LogP contribution in [-0.4, -0.2) is 26.5 Å². The third-order valence-corrected chi connectivity index (χ3v) is 5.40. The number of allylic oxidation sites excluding steroid dienone is 2. The first kappa shape index (κ1) is 20.1. The Labute approximate surface area is 140 Å². The van der Waals surface area contributed by atoms with E-state index in [1.165, 1.54) is 25.3 Å². The fourth-order valence-electron chi connectivity index (χ4n) is 1.98. The number of hydrogen-bond acceptors (Lipinski definition) is 3. The minimum atomic E-state index is -4.43. The second-order valence-electron chi connectivity index (χ2n) is 5.03. The Morgan fingerprint density at radius 2 is 1.83 bits per heavy atom. The van der Waals surface area contributed by atoms with E-state index < -0.39 is 27.8 Å². The normalized spacial score (nSPS) is 15.0. The Morgan fingerprint density at radius 3 is 2.25 bits per heavy atom. The van der Waals surface area contributed by atoms with Crippen molar-refractivity contribution in [3.8, 4) is 0 Å². The minimum Gasteiger partial charge on any atom is -0.271 e. The lowest BCUT2D eigenvalue weighted by Crippen LogP contribution is -2.30. The van der Waals surface area contributed by atoms with Gasteiger partial charge < -0.3 is 0 Å². The molecule has 0 spiro atoms. The number of benzene rings is 1. The molecule has 1 atom stereocenters. The van der Waals surface area contributed by atoms with Crippen molar-refractivity contribution in [3.05, 3.63) is 58.6 Å². The lowest BCUT2D eigenvalue weighted by Gasteiger charge is -2.25. The van der Waals surface area contributed by atoms with Crippen molar-refractivity contribution in [2.45, 2.75) is 26.1 Å². The zero-order chi connectivity index (χ0) is 18.5. The topological polar surface area (TPSA) is 49.7 Å². The fraction of sp³-hybridized carbons (Fsp3) is 0.312. The summed E-state index contributed by atoms with van der Waals surface area (Å²) in [5.41, 5.74) is -0.338. The van der Waals surface area contributed by atoms with E-state index in [1.54, 1.807) is 19.9 Å². The summed E-state index contributed by atoms with van der Waals surface area (Å²) in [6.07, 6.45) is -0.395. The molecule has 1 aromatic carbocycles. The Morgan fingerprint density at radius 1 is 1.29 bits per heavy atom. The molecule has 1 aromatic rings. The first-order valence-electron chi connectivity index (χ1n) is 6.99. The monoisotopic (exact) mass is 360 g/mol. The molecule has 0 aromatic heterocycles. The molecule has 0 radical (unpaired) electrons. The molecule has 0 unspecified atom stereocenters. The highest BCUT2D eigenvalue weighted by Crippen LogP contribution is 2.31. The van der Waals surface area contributed by atoms with Gasteiger partial charge in [-0.15, -0.1) is 0 Å². The molecule has 8 heteroatoms. The number of aliphatic imine (C=N–C) groups is 1. The molecule has 0 aliphatic carbocycles. The van der Waals surface area contributed by atoms with Crippen LogP contribution in [0, 0.1) is 0 Å². The van der Waals surface area contributed by atoms with Gasteiger partial charge in [0.1, 0.15) is 4.91 Å². The van der Waals surface area contributed by atoms with Gasteiger partial charge in [-0.3, -0.25) is 4.99 Å². The van der Waals surface area contributed by atoms with Gasteiger partial charge >= 0.3 is 6.18 Å². The summed E-state index contributed by atoms with van der Waals surface area (Å²) in [6.45, 7) is 6.49. The molecule has 0 amide bonds. The number of alkyl halides is 3. The second-order valence-corrected chi connectivity index (χ2v) is 7.03. The van der Waals surface area contributed by atoms with Crippen molar-refractivity contribution in [1.82, 2.24) is 4.31 Å². The molecule has 0 aliphatic heterocycles. The molecule has 0 aliphatic rings. The molecule has 1 rings (SSSR count). The van der Waals surface area contributed by atoms with Crippen molar-refractivity contribution < 1.29 is 21.6 Å². The van der Waals surface area contributed by atoms with Gasteiger partial charge in [0.25, 0.3) is 0 Å². The molecule has 0 fully saturated rings. The molecule has 0 heterocycles. The molecule has 0 N–H and O–H groups in total. The summed E-state index contributed by atoms with van der Waals surface area (Å²) in [5.74, 6) is 0. The average Bonchev–Trinajstić information content (AvgIpc) is 2.52. The number of sulfonamides is 1. The highest BCUT2D eigenvalue weighted by atomic mass is 32.2. The predicted molar refractivity (Wildman–Crippen MR) is 89.0 cm³/mol. The molecular weight excluding hydrogens is 341 g/mol. The molecule has 0 saturated heterocycles. The minimum absolute atomic E-state index is 0.0544. The third-order valence-electron chi connectivity index (χ3n) is 3.49. The maximum atomic E-state index is 12.6. The van der Waals surface area contributed by atoms with Gasteiger partial charge in [-0.05, 0) is 44.3 Å². The standard InChI is InChI=1S/C16H19F3N2O2S/c1-5-6-15(11-20-3)24(22,23)21(4)12(2)13-7-9-14(10-8-13)16(17,18)19/h5-12H,3H2,1-2,4H3/b6-5-,15-11+/t12-/m0/s1. The van der Waals surface area contributed by atoms with Crippen LogP contribution < -0.4 is 0 Å². The zero-order valence-electron chi connectivity index (χ0n) is 13.6. The number of hydrogen-bond donors (Lipinski definition) is 0. The number of nitrogens with zero attached hydrogens (tertiary/aromatic N) is 2. The summed E-state index contributed by atoms with van der Waals surface area (Å²) in [6, 6.07) is 3.74.